The first kappa shape index (κ1) is 16.3. The van der Waals surface area contributed by atoms with Crippen molar-refractivity contribution in [2.75, 3.05) is 21.1 Å². The summed E-state index contributed by atoms with van der Waals surface area (Å²) in [5.41, 5.74) is 0.403. The summed E-state index contributed by atoms with van der Waals surface area (Å²) in [6.07, 6.45) is 17.2. The Morgan fingerprint density at radius 1 is 0.850 bits per heavy atom. The first-order chi connectivity index (χ1) is 9.70. The molecule has 0 spiro atoms. The molecule has 0 aromatic heterocycles. The van der Waals surface area contributed by atoms with Crippen LogP contribution in [0, 0.1) is 5.92 Å². The Labute approximate surface area is 126 Å². The van der Waals surface area contributed by atoms with Crippen LogP contribution in [0.4, 0.5) is 0 Å². The Bertz CT molecular complexity index is 259. The van der Waals surface area contributed by atoms with Crippen molar-refractivity contribution in [3.05, 3.63) is 0 Å². The Morgan fingerprint density at radius 3 is 1.80 bits per heavy atom. The minimum absolute atomic E-state index is 0.403. The minimum Gasteiger partial charge on any atom is -0.315 e. The fourth-order valence-electron chi connectivity index (χ4n) is 4.96. The van der Waals surface area contributed by atoms with Gasteiger partial charge in [-0.05, 0) is 52.7 Å². The monoisotopic (exact) mass is 280 g/mol. The standard InChI is InChI=1S/C18H36N2/c1-19-17(16-12-8-4-5-9-13-16)18(20(2)3)14-10-6-7-11-15-18/h16-17,19H,4-15H2,1-3H3. The lowest BCUT2D eigenvalue weighted by Crippen LogP contribution is -2.61. The zero-order valence-corrected chi connectivity index (χ0v) is 14.1. The quantitative estimate of drug-likeness (QED) is 0.776. The van der Waals surface area contributed by atoms with Gasteiger partial charge in [0.05, 0.1) is 0 Å². The van der Waals surface area contributed by atoms with Crippen LogP contribution in [0.3, 0.4) is 0 Å². The number of hydrogen-bond donors (Lipinski definition) is 1. The van der Waals surface area contributed by atoms with Crippen LogP contribution in [0.15, 0.2) is 0 Å². The van der Waals surface area contributed by atoms with Crippen molar-refractivity contribution in [1.29, 1.82) is 0 Å². The second-order valence-electron chi connectivity index (χ2n) is 7.43. The van der Waals surface area contributed by atoms with Crippen LogP contribution in [0.5, 0.6) is 0 Å². The Kier molecular flexibility index (Phi) is 6.35. The highest BCUT2D eigenvalue weighted by Crippen LogP contribution is 2.40. The van der Waals surface area contributed by atoms with Crippen molar-refractivity contribution in [2.24, 2.45) is 5.92 Å². The van der Waals surface area contributed by atoms with E-state index in [2.05, 4.69) is 31.4 Å². The second kappa shape index (κ2) is 7.79. The summed E-state index contributed by atoms with van der Waals surface area (Å²) in [6.45, 7) is 0. The number of nitrogens with one attached hydrogen (secondary N) is 1. The van der Waals surface area contributed by atoms with E-state index in [0.717, 1.165) is 5.92 Å². The highest BCUT2D eigenvalue weighted by Gasteiger charge is 2.43. The maximum atomic E-state index is 3.78. The molecule has 1 N–H and O–H groups in total. The van der Waals surface area contributed by atoms with Gasteiger partial charge < -0.3 is 10.2 Å². The third-order valence-corrected chi connectivity index (χ3v) is 6.12. The Hall–Kier alpha value is -0.0800. The smallest absolute Gasteiger partial charge is 0.0359 e. The maximum absolute atomic E-state index is 3.78. The van der Waals surface area contributed by atoms with Gasteiger partial charge in [0.2, 0.25) is 0 Å². The van der Waals surface area contributed by atoms with Crippen molar-refractivity contribution in [2.45, 2.75) is 88.6 Å². The molecular weight excluding hydrogens is 244 g/mol. The van der Waals surface area contributed by atoms with E-state index in [1.165, 1.54) is 77.0 Å². The molecule has 0 radical (unpaired) electrons. The van der Waals surface area contributed by atoms with E-state index in [0.29, 0.717) is 11.6 Å². The highest BCUT2D eigenvalue weighted by molar-refractivity contribution is 5.02. The van der Waals surface area contributed by atoms with Crippen molar-refractivity contribution >= 4 is 0 Å². The van der Waals surface area contributed by atoms with E-state index < -0.39 is 0 Å². The van der Waals surface area contributed by atoms with Crippen molar-refractivity contribution in [3.63, 3.8) is 0 Å². The topological polar surface area (TPSA) is 15.3 Å². The fourth-order valence-corrected chi connectivity index (χ4v) is 4.96. The van der Waals surface area contributed by atoms with Gasteiger partial charge in [0, 0.05) is 11.6 Å². The average Bonchev–Trinajstić information content (AvgIpc) is 2.83. The molecule has 0 amide bonds. The van der Waals surface area contributed by atoms with E-state index in [1.807, 2.05) is 0 Å². The summed E-state index contributed by atoms with van der Waals surface area (Å²) < 4.78 is 0. The van der Waals surface area contributed by atoms with Crippen molar-refractivity contribution in [3.8, 4) is 0 Å². The van der Waals surface area contributed by atoms with Crippen LogP contribution in [0.25, 0.3) is 0 Å². The van der Waals surface area contributed by atoms with Crippen LogP contribution in [0.1, 0.15) is 77.0 Å². The van der Waals surface area contributed by atoms with E-state index >= 15 is 0 Å². The Balaban J connectivity index is 2.18. The average molecular weight is 280 g/mol. The second-order valence-corrected chi connectivity index (χ2v) is 7.43. The summed E-state index contributed by atoms with van der Waals surface area (Å²) in [7, 11) is 6.87. The maximum Gasteiger partial charge on any atom is 0.0359 e. The van der Waals surface area contributed by atoms with Crippen molar-refractivity contribution in [1.82, 2.24) is 10.2 Å². The van der Waals surface area contributed by atoms with Crippen LogP contribution in [0.2, 0.25) is 0 Å². The van der Waals surface area contributed by atoms with Crippen LogP contribution >= 0.6 is 0 Å². The molecule has 118 valence electrons. The molecule has 0 aromatic rings. The molecule has 0 aromatic carbocycles. The van der Waals surface area contributed by atoms with Gasteiger partial charge in [-0.25, -0.2) is 0 Å². The molecule has 20 heavy (non-hydrogen) atoms. The SMILES string of the molecule is CNC(C1CCCCCC1)C1(N(C)C)CCCCCC1. The summed E-state index contributed by atoms with van der Waals surface area (Å²) in [5, 5.41) is 3.78. The van der Waals surface area contributed by atoms with Gasteiger partial charge in [0.25, 0.3) is 0 Å². The largest absolute Gasteiger partial charge is 0.315 e. The molecule has 0 bridgehead atoms. The molecule has 1 unspecified atom stereocenters. The van der Waals surface area contributed by atoms with Gasteiger partial charge in [-0.15, -0.1) is 0 Å². The van der Waals surface area contributed by atoms with E-state index in [4.69, 9.17) is 0 Å². The van der Waals surface area contributed by atoms with Crippen LogP contribution in [-0.2, 0) is 0 Å². The zero-order valence-electron chi connectivity index (χ0n) is 14.1. The van der Waals surface area contributed by atoms with Gasteiger partial charge in [-0.1, -0.05) is 51.4 Å². The molecule has 2 saturated carbocycles. The van der Waals surface area contributed by atoms with Gasteiger partial charge in [-0.2, -0.15) is 0 Å². The molecular formula is C18H36N2. The number of likely N-dealkylation sites (N-methyl/N-ethyl adjacent to an activating group) is 2. The minimum atomic E-state index is 0.403. The predicted molar refractivity (Wildman–Crippen MR) is 88.2 cm³/mol. The summed E-state index contributed by atoms with van der Waals surface area (Å²) in [4.78, 5) is 2.57. The summed E-state index contributed by atoms with van der Waals surface area (Å²) in [5.74, 6) is 0.892. The molecule has 0 saturated heterocycles. The lowest BCUT2D eigenvalue weighted by Gasteiger charge is -2.49. The molecule has 2 heteroatoms. The fraction of sp³-hybridized carbons (Fsp3) is 1.00. The third kappa shape index (κ3) is 3.57. The normalized spacial score (nSPS) is 27.0. The van der Waals surface area contributed by atoms with Gasteiger partial charge >= 0.3 is 0 Å². The lowest BCUT2D eigenvalue weighted by atomic mass is 9.73. The highest BCUT2D eigenvalue weighted by atomic mass is 15.2. The molecule has 1 atom stereocenters. The molecule has 2 fully saturated rings. The first-order valence-electron chi connectivity index (χ1n) is 9.05. The number of rotatable bonds is 4. The predicted octanol–water partition coefficient (Wildman–Crippen LogP) is 4.20. The molecule has 2 aliphatic carbocycles. The van der Waals surface area contributed by atoms with E-state index in [-0.39, 0.29) is 0 Å². The van der Waals surface area contributed by atoms with Crippen LogP contribution in [-0.4, -0.2) is 37.6 Å². The van der Waals surface area contributed by atoms with Gasteiger partial charge in [-0.3, -0.25) is 0 Å². The third-order valence-electron chi connectivity index (χ3n) is 6.12. The van der Waals surface area contributed by atoms with Crippen molar-refractivity contribution < 1.29 is 0 Å². The molecule has 2 nitrogen and oxygen atoms in total. The Morgan fingerprint density at radius 2 is 1.35 bits per heavy atom. The molecule has 2 rings (SSSR count). The number of hydrogen-bond acceptors (Lipinski definition) is 2. The van der Waals surface area contributed by atoms with E-state index in [9.17, 15) is 0 Å². The first-order valence-corrected chi connectivity index (χ1v) is 9.05. The number of nitrogens with zero attached hydrogens (tertiary/aromatic N) is 1. The van der Waals surface area contributed by atoms with Gasteiger partial charge in [0.1, 0.15) is 0 Å². The molecule has 0 aliphatic heterocycles. The molecule has 0 heterocycles. The summed E-state index contributed by atoms with van der Waals surface area (Å²) in [6, 6.07) is 0.689. The summed E-state index contributed by atoms with van der Waals surface area (Å²) >= 11 is 0. The lowest BCUT2D eigenvalue weighted by molar-refractivity contribution is 0.0517. The van der Waals surface area contributed by atoms with Crippen LogP contribution < -0.4 is 5.32 Å². The van der Waals surface area contributed by atoms with Gasteiger partial charge in [0.15, 0.2) is 0 Å². The van der Waals surface area contributed by atoms with E-state index in [1.54, 1.807) is 0 Å². The molecule has 2 aliphatic rings. The zero-order chi connectivity index (χ0) is 14.4.